The normalized spacial score (nSPS) is 20.0. The van der Waals surface area contributed by atoms with E-state index in [1.54, 1.807) is 11.8 Å². The molecule has 0 aromatic heterocycles. The third-order valence-electron chi connectivity index (χ3n) is 2.46. The standard InChI is InChI=1S/C11H13NO3S/c1-16-10-4-2-8(3-5-10)12-6-9(7-13)15-11(12)14/h2-5,9,13H,6-7H2,1H3/t9-/m1/s1. The zero-order valence-corrected chi connectivity index (χ0v) is 9.74. The van der Waals surface area contributed by atoms with Crippen LogP contribution in [0.3, 0.4) is 0 Å². The molecule has 1 aromatic carbocycles. The van der Waals surface area contributed by atoms with Crippen molar-refractivity contribution >= 4 is 23.5 Å². The Kier molecular flexibility index (Phi) is 3.36. The molecule has 5 heteroatoms. The van der Waals surface area contributed by atoms with E-state index in [2.05, 4.69) is 0 Å². The molecular weight excluding hydrogens is 226 g/mol. The van der Waals surface area contributed by atoms with Crippen molar-refractivity contribution in [2.45, 2.75) is 11.0 Å². The van der Waals surface area contributed by atoms with Gasteiger partial charge in [0.15, 0.2) is 0 Å². The molecule has 0 spiro atoms. The molecule has 1 atom stereocenters. The summed E-state index contributed by atoms with van der Waals surface area (Å²) in [5.41, 5.74) is 0.804. The van der Waals surface area contributed by atoms with Crippen LogP contribution in [0, 0.1) is 0 Å². The van der Waals surface area contributed by atoms with Gasteiger partial charge in [-0.2, -0.15) is 0 Å². The summed E-state index contributed by atoms with van der Waals surface area (Å²) in [6, 6.07) is 7.68. The van der Waals surface area contributed by atoms with Crippen molar-refractivity contribution in [2.75, 3.05) is 24.3 Å². The first-order valence-corrected chi connectivity index (χ1v) is 6.20. The molecule has 86 valence electrons. The molecular formula is C11H13NO3S. The van der Waals surface area contributed by atoms with Gasteiger partial charge in [0, 0.05) is 10.6 Å². The number of nitrogens with zero attached hydrogens (tertiary/aromatic N) is 1. The second kappa shape index (κ2) is 4.76. The van der Waals surface area contributed by atoms with Crippen molar-refractivity contribution in [3.05, 3.63) is 24.3 Å². The first-order chi connectivity index (χ1) is 7.74. The van der Waals surface area contributed by atoms with Crippen LogP contribution in [0.25, 0.3) is 0 Å². The number of anilines is 1. The summed E-state index contributed by atoms with van der Waals surface area (Å²) in [6.45, 7) is 0.277. The van der Waals surface area contributed by atoms with Gasteiger partial charge < -0.3 is 9.84 Å². The van der Waals surface area contributed by atoms with E-state index in [-0.39, 0.29) is 6.61 Å². The first kappa shape index (κ1) is 11.3. The van der Waals surface area contributed by atoms with Crippen LogP contribution in [-0.2, 0) is 4.74 Å². The predicted octanol–water partition coefficient (Wildman–Crippen LogP) is 1.73. The molecule has 1 N–H and O–H groups in total. The van der Waals surface area contributed by atoms with Gasteiger partial charge in [0.25, 0.3) is 0 Å². The molecule has 16 heavy (non-hydrogen) atoms. The Hall–Kier alpha value is -1.20. The van der Waals surface area contributed by atoms with Gasteiger partial charge in [-0.1, -0.05) is 0 Å². The predicted molar refractivity (Wildman–Crippen MR) is 62.9 cm³/mol. The molecule has 0 aliphatic carbocycles. The third-order valence-corrected chi connectivity index (χ3v) is 3.21. The molecule has 1 aliphatic rings. The zero-order valence-electron chi connectivity index (χ0n) is 8.92. The van der Waals surface area contributed by atoms with E-state index < -0.39 is 12.2 Å². The number of carbonyl (C=O) groups is 1. The highest BCUT2D eigenvalue weighted by Crippen LogP contribution is 2.24. The second-order valence-corrected chi connectivity index (χ2v) is 4.38. The number of aliphatic hydroxyl groups excluding tert-OH is 1. The van der Waals surface area contributed by atoms with Crippen LogP contribution in [0.15, 0.2) is 29.2 Å². The van der Waals surface area contributed by atoms with E-state index in [1.165, 1.54) is 4.90 Å². The van der Waals surface area contributed by atoms with Crippen LogP contribution in [0.5, 0.6) is 0 Å². The molecule has 0 radical (unpaired) electrons. The summed E-state index contributed by atoms with van der Waals surface area (Å²) in [5.74, 6) is 0. The van der Waals surface area contributed by atoms with Crippen molar-refractivity contribution in [1.29, 1.82) is 0 Å². The lowest BCUT2D eigenvalue weighted by Crippen LogP contribution is -2.25. The molecule has 1 saturated heterocycles. The van der Waals surface area contributed by atoms with Crippen LogP contribution >= 0.6 is 11.8 Å². The van der Waals surface area contributed by atoms with Crippen LogP contribution in [0.4, 0.5) is 10.5 Å². The number of aliphatic hydroxyl groups is 1. The topological polar surface area (TPSA) is 49.8 Å². The van der Waals surface area contributed by atoms with Crippen molar-refractivity contribution in [2.24, 2.45) is 0 Å². The minimum absolute atomic E-state index is 0.134. The molecule has 0 unspecified atom stereocenters. The van der Waals surface area contributed by atoms with E-state index in [4.69, 9.17) is 9.84 Å². The summed E-state index contributed by atoms with van der Waals surface area (Å²) < 4.78 is 4.97. The third kappa shape index (κ3) is 2.15. The Morgan fingerprint density at radius 3 is 2.69 bits per heavy atom. The lowest BCUT2D eigenvalue weighted by Gasteiger charge is -2.12. The molecule has 1 aromatic rings. The first-order valence-electron chi connectivity index (χ1n) is 4.97. The summed E-state index contributed by atoms with van der Waals surface area (Å²) in [5, 5.41) is 8.92. The Morgan fingerprint density at radius 2 is 2.19 bits per heavy atom. The monoisotopic (exact) mass is 239 g/mol. The molecule has 4 nitrogen and oxygen atoms in total. The van der Waals surface area contributed by atoms with E-state index in [0.717, 1.165) is 10.6 Å². The number of carbonyl (C=O) groups excluding carboxylic acids is 1. The number of cyclic esters (lactones) is 1. The van der Waals surface area contributed by atoms with E-state index in [1.807, 2.05) is 30.5 Å². The van der Waals surface area contributed by atoms with Crippen molar-refractivity contribution in [3.8, 4) is 0 Å². The van der Waals surface area contributed by atoms with Crippen LogP contribution < -0.4 is 4.90 Å². The summed E-state index contributed by atoms with van der Waals surface area (Å²) >= 11 is 1.65. The van der Waals surface area contributed by atoms with Gasteiger partial charge in [-0.05, 0) is 30.5 Å². The molecule has 1 amide bonds. The molecule has 1 heterocycles. The number of amides is 1. The van der Waals surface area contributed by atoms with Crippen LogP contribution in [0.1, 0.15) is 0 Å². The maximum absolute atomic E-state index is 11.5. The quantitative estimate of drug-likeness (QED) is 0.816. The fraction of sp³-hybridized carbons (Fsp3) is 0.364. The SMILES string of the molecule is CSc1ccc(N2C[C@H](CO)OC2=O)cc1. The van der Waals surface area contributed by atoms with E-state index >= 15 is 0 Å². The fourth-order valence-electron chi connectivity index (χ4n) is 1.59. The van der Waals surface area contributed by atoms with Crippen molar-refractivity contribution < 1.29 is 14.6 Å². The number of hydrogen-bond donors (Lipinski definition) is 1. The zero-order chi connectivity index (χ0) is 11.5. The van der Waals surface area contributed by atoms with Crippen LogP contribution in [0.2, 0.25) is 0 Å². The highest BCUT2D eigenvalue weighted by molar-refractivity contribution is 7.98. The minimum atomic E-state index is -0.410. The number of hydrogen-bond acceptors (Lipinski definition) is 4. The fourth-order valence-corrected chi connectivity index (χ4v) is 2.00. The van der Waals surface area contributed by atoms with Crippen molar-refractivity contribution in [3.63, 3.8) is 0 Å². The average Bonchev–Trinajstić information content (AvgIpc) is 2.71. The van der Waals surface area contributed by atoms with Crippen molar-refractivity contribution in [1.82, 2.24) is 0 Å². The van der Waals surface area contributed by atoms with Gasteiger partial charge >= 0.3 is 6.09 Å². The number of thioether (sulfide) groups is 1. The maximum atomic E-state index is 11.5. The number of ether oxygens (including phenoxy) is 1. The molecule has 0 saturated carbocycles. The van der Waals surface area contributed by atoms with Gasteiger partial charge in [-0.3, -0.25) is 4.90 Å². The Balaban J connectivity index is 2.15. The number of benzene rings is 1. The lowest BCUT2D eigenvalue weighted by molar-refractivity contribution is 0.0963. The molecule has 1 aliphatic heterocycles. The van der Waals surface area contributed by atoms with E-state index in [9.17, 15) is 4.79 Å². The average molecular weight is 239 g/mol. The van der Waals surface area contributed by atoms with Gasteiger partial charge in [-0.25, -0.2) is 4.79 Å². The summed E-state index contributed by atoms with van der Waals surface area (Å²) in [4.78, 5) is 14.2. The summed E-state index contributed by atoms with van der Waals surface area (Å²) in [6.07, 6.45) is 1.20. The maximum Gasteiger partial charge on any atom is 0.414 e. The Labute approximate surface area is 98.2 Å². The molecule has 1 fully saturated rings. The smallest absolute Gasteiger partial charge is 0.414 e. The van der Waals surface area contributed by atoms with Gasteiger partial charge in [0.1, 0.15) is 6.10 Å². The molecule has 2 rings (SSSR count). The Bertz CT molecular complexity index is 379. The van der Waals surface area contributed by atoms with Gasteiger partial charge in [0.2, 0.25) is 0 Å². The summed E-state index contributed by atoms with van der Waals surface area (Å²) in [7, 11) is 0. The number of rotatable bonds is 3. The highest BCUT2D eigenvalue weighted by Gasteiger charge is 2.31. The molecule has 0 bridgehead atoms. The lowest BCUT2D eigenvalue weighted by atomic mass is 10.3. The van der Waals surface area contributed by atoms with Gasteiger partial charge in [0.05, 0.1) is 13.2 Å². The van der Waals surface area contributed by atoms with E-state index in [0.29, 0.717) is 6.54 Å². The Morgan fingerprint density at radius 1 is 1.50 bits per heavy atom. The highest BCUT2D eigenvalue weighted by atomic mass is 32.2. The second-order valence-electron chi connectivity index (χ2n) is 3.50. The largest absolute Gasteiger partial charge is 0.441 e. The van der Waals surface area contributed by atoms with Gasteiger partial charge in [-0.15, -0.1) is 11.8 Å². The van der Waals surface area contributed by atoms with Crippen LogP contribution in [-0.4, -0.2) is 36.7 Å². The minimum Gasteiger partial charge on any atom is -0.441 e.